The van der Waals surface area contributed by atoms with E-state index in [2.05, 4.69) is 12.2 Å². The van der Waals surface area contributed by atoms with Crippen LogP contribution < -0.4 is 15.0 Å². The van der Waals surface area contributed by atoms with Gasteiger partial charge in [0.2, 0.25) is 0 Å². The lowest BCUT2D eigenvalue weighted by molar-refractivity contribution is 0.229. The molecule has 0 aromatic heterocycles. The Kier molecular flexibility index (Phi) is 6.03. The lowest BCUT2D eigenvalue weighted by atomic mass is 10.1. The van der Waals surface area contributed by atoms with Crippen LogP contribution in [0.1, 0.15) is 25.0 Å². The van der Waals surface area contributed by atoms with Gasteiger partial charge in [0, 0.05) is 12.2 Å². The topological polar surface area (TPSA) is 41.6 Å². The molecule has 0 radical (unpaired) electrons. The molecule has 0 aliphatic heterocycles. The summed E-state index contributed by atoms with van der Waals surface area (Å²) in [7, 11) is 0. The van der Waals surface area contributed by atoms with Crippen LogP contribution in [0.3, 0.4) is 0 Å². The fraction of sp³-hybridized carbons (Fsp3) is 0.316. The smallest absolute Gasteiger partial charge is 0.324 e. The molecule has 2 aromatic rings. The van der Waals surface area contributed by atoms with Crippen molar-refractivity contribution in [1.82, 2.24) is 5.32 Å². The van der Waals surface area contributed by atoms with Gasteiger partial charge in [0.05, 0.1) is 0 Å². The van der Waals surface area contributed by atoms with Crippen molar-refractivity contribution in [1.29, 1.82) is 0 Å². The molecule has 23 heavy (non-hydrogen) atoms. The number of ether oxygens (including phenoxy) is 1. The number of nitrogens with one attached hydrogen (secondary N) is 1. The van der Waals surface area contributed by atoms with Gasteiger partial charge in [0.25, 0.3) is 0 Å². The number of rotatable bonds is 6. The van der Waals surface area contributed by atoms with Gasteiger partial charge in [0.1, 0.15) is 5.75 Å². The number of hydrogen-bond acceptors (Lipinski definition) is 2. The second-order valence-corrected chi connectivity index (χ2v) is 5.32. The van der Waals surface area contributed by atoms with Crippen molar-refractivity contribution < 1.29 is 9.53 Å². The average Bonchev–Trinajstić information content (AvgIpc) is 2.56. The Morgan fingerprint density at radius 3 is 2.61 bits per heavy atom. The molecule has 2 aromatic carbocycles. The van der Waals surface area contributed by atoms with E-state index >= 15 is 0 Å². The van der Waals surface area contributed by atoms with Crippen LogP contribution in [0.25, 0.3) is 0 Å². The maximum Gasteiger partial charge on any atom is 0.324 e. The van der Waals surface area contributed by atoms with E-state index in [1.165, 1.54) is 0 Å². The van der Waals surface area contributed by atoms with Crippen molar-refractivity contribution in [2.24, 2.45) is 0 Å². The van der Waals surface area contributed by atoms with Gasteiger partial charge in [-0.2, -0.15) is 0 Å². The van der Waals surface area contributed by atoms with E-state index in [0.717, 1.165) is 29.0 Å². The Morgan fingerprint density at radius 2 is 1.91 bits per heavy atom. The van der Waals surface area contributed by atoms with Crippen LogP contribution in [0.4, 0.5) is 10.5 Å². The largest absolute Gasteiger partial charge is 0.473 e. The molecule has 0 heterocycles. The van der Waals surface area contributed by atoms with Crippen molar-refractivity contribution in [3.63, 3.8) is 0 Å². The highest BCUT2D eigenvalue weighted by Gasteiger charge is 2.13. The third-order valence-corrected chi connectivity index (χ3v) is 3.68. The van der Waals surface area contributed by atoms with Crippen molar-refractivity contribution in [2.75, 3.05) is 18.2 Å². The molecule has 4 nitrogen and oxygen atoms in total. The summed E-state index contributed by atoms with van der Waals surface area (Å²) in [6, 6.07) is 15.6. The van der Waals surface area contributed by atoms with Gasteiger partial charge in [-0.1, -0.05) is 37.3 Å². The Labute approximate surface area is 138 Å². The molecule has 0 fully saturated rings. The third-order valence-electron chi connectivity index (χ3n) is 3.68. The number of amides is 2. The maximum absolute atomic E-state index is 12.4. The number of benzene rings is 2. The van der Waals surface area contributed by atoms with Gasteiger partial charge in [0.15, 0.2) is 6.73 Å². The molecule has 1 N–H and O–H groups in total. The highest BCUT2D eigenvalue weighted by atomic mass is 16.5. The molecule has 4 heteroatoms. The maximum atomic E-state index is 12.4. The second kappa shape index (κ2) is 8.22. The van der Waals surface area contributed by atoms with Gasteiger partial charge in [-0.25, -0.2) is 4.79 Å². The van der Waals surface area contributed by atoms with Crippen LogP contribution in [0.2, 0.25) is 0 Å². The van der Waals surface area contributed by atoms with Crippen LogP contribution in [-0.4, -0.2) is 19.3 Å². The van der Waals surface area contributed by atoms with E-state index in [9.17, 15) is 4.79 Å². The highest BCUT2D eigenvalue weighted by Crippen LogP contribution is 2.18. The van der Waals surface area contributed by atoms with E-state index < -0.39 is 0 Å². The fourth-order valence-corrected chi connectivity index (χ4v) is 2.45. The molecule has 2 amide bonds. The summed E-state index contributed by atoms with van der Waals surface area (Å²) in [5.74, 6) is 0.814. The lowest BCUT2D eigenvalue weighted by Crippen LogP contribution is -2.41. The van der Waals surface area contributed by atoms with Gasteiger partial charge in [-0.15, -0.1) is 0 Å². The first kappa shape index (κ1) is 16.9. The first-order valence-electron chi connectivity index (χ1n) is 7.98. The molecule has 0 saturated heterocycles. The second-order valence-electron chi connectivity index (χ2n) is 5.32. The Bertz CT molecular complexity index is 655. The molecular weight excluding hydrogens is 288 g/mol. The van der Waals surface area contributed by atoms with Crippen LogP contribution in [-0.2, 0) is 6.42 Å². The van der Waals surface area contributed by atoms with Gasteiger partial charge < -0.3 is 10.1 Å². The van der Waals surface area contributed by atoms with Gasteiger partial charge in [-0.05, 0) is 49.6 Å². The predicted molar refractivity (Wildman–Crippen MR) is 94.0 cm³/mol. The number of para-hydroxylation sites is 1. The quantitative estimate of drug-likeness (QED) is 0.815. The van der Waals surface area contributed by atoms with Gasteiger partial charge >= 0.3 is 6.03 Å². The van der Waals surface area contributed by atoms with Crippen LogP contribution in [0.5, 0.6) is 5.75 Å². The molecule has 0 atom stereocenters. The molecule has 0 unspecified atom stereocenters. The molecule has 0 aliphatic carbocycles. The van der Waals surface area contributed by atoms with Crippen molar-refractivity contribution in [3.05, 3.63) is 59.7 Å². The number of carbonyl (C=O) groups excluding carboxylic acids is 1. The number of carbonyl (C=O) groups is 1. The summed E-state index contributed by atoms with van der Waals surface area (Å²) in [5.41, 5.74) is 3.15. The molecule has 2 rings (SSSR count). The Hall–Kier alpha value is -2.49. The monoisotopic (exact) mass is 312 g/mol. The van der Waals surface area contributed by atoms with Crippen molar-refractivity contribution in [3.8, 4) is 5.75 Å². The molecular formula is C19H24N2O2. The van der Waals surface area contributed by atoms with E-state index in [1.54, 1.807) is 4.90 Å². The molecule has 122 valence electrons. The minimum absolute atomic E-state index is 0.151. The van der Waals surface area contributed by atoms with Crippen LogP contribution in [0, 0.1) is 6.92 Å². The van der Waals surface area contributed by atoms with E-state index in [-0.39, 0.29) is 12.8 Å². The molecule has 0 bridgehead atoms. The van der Waals surface area contributed by atoms with E-state index in [4.69, 9.17) is 4.74 Å². The molecule has 0 spiro atoms. The summed E-state index contributed by atoms with van der Waals surface area (Å²) in [6.45, 7) is 6.80. The van der Waals surface area contributed by atoms with E-state index in [1.807, 2.05) is 62.4 Å². The zero-order valence-electron chi connectivity index (χ0n) is 14.0. The number of urea groups is 1. The summed E-state index contributed by atoms with van der Waals surface area (Å²) in [4.78, 5) is 14.1. The van der Waals surface area contributed by atoms with Crippen molar-refractivity contribution >= 4 is 11.7 Å². The van der Waals surface area contributed by atoms with Crippen LogP contribution >= 0.6 is 0 Å². The SMILES string of the molecule is CCc1ccccc1OCNC(=O)N(CC)c1cccc(C)c1. The summed E-state index contributed by atoms with van der Waals surface area (Å²) < 4.78 is 5.69. The lowest BCUT2D eigenvalue weighted by Gasteiger charge is -2.22. The summed E-state index contributed by atoms with van der Waals surface area (Å²) in [5, 5.41) is 2.82. The standard InChI is InChI=1S/C19H24N2O2/c1-4-16-10-6-7-12-18(16)23-14-20-19(22)21(5-2)17-11-8-9-15(3)13-17/h6-13H,4-5,14H2,1-3H3,(H,20,22). The van der Waals surface area contributed by atoms with Crippen LogP contribution in [0.15, 0.2) is 48.5 Å². The third kappa shape index (κ3) is 4.49. The first-order valence-corrected chi connectivity index (χ1v) is 7.98. The minimum Gasteiger partial charge on any atom is -0.473 e. The predicted octanol–water partition coefficient (Wildman–Crippen LogP) is 4.13. The van der Waals surface area contributed by atoms with E-state index in [0.29, 0.717) is 6.54 Å². The first-order chi connectivity index (χ1) is 11.2. The minimum atomic E-state index is -0.160. The number of aryl methyl sites for hydroxylation is 2. The summed E-state index contributed by atoms with van der Waals surface area (Å²) >= 11 is 0. The summed E-state index contributed by atoms with van der Waals surface area (Å²) in [6.07, 6.45) is 0.897. The number of hydrogen-bond donors (Lipinski definition) is 1. The number of nitrogens with zero attached hydrogens (tertiary/aromatic N) is 1. The molecule has 0 aliphatic rings. The normalized spacial score (nSPS) is 10.2. The Balaban J connectivity index is 1.95. The zero-order chi connectivity index (χ0) is 16.7. The average molecular weight is 312 g/mol. The Morgan fingerprint density at radius 1 is 1.13 bits per heavy atom. The van der Waals surface area contributed by atoms with Gasteiger partial charge in [-0.3, -0.25) is 4.90 Å². The zero-order valence-corrected chi connectivity index (χ0v) is 14.0. The fourth-order valence-electron chi connectivity index (χ4n) is 2.45. The molecule has 0 saturated carbocycles. The van der Waals surface area contributed by atoms with Crippen molar-refractivity contribution in [2.45, 2.75) is 27.2 Å². The number of anilines is 1. The highest BCUT2D eigenvalue weighted by molar-refractivity contribution is 5.91.